The van der Waals surface area contributed by atoms with E-state index in [4.69, 9.17) is 18.9 Å². The van der Waals surface area contributed by atoms with Gasteiger partial charge in [0.15, 0.2) is 6.29 Å². The van der Waals surface area contributed by atoms with E-state index in [0.717, 1.165) is 57.8 Å². The zero-order chi connectivity index (χ0) is 40.7. The molecule has 0 aromatic heterocycles. The summed E-state index contributed by atoms with van der Waals surface area (Å²) in [5.41, 5.74) is 0. The van der Waals surface area contributed by atoms with Crippen LogP contribution in [0.15, 0.2) is 48.6 Å². The predicted molar refractivity (Wildman–Crippen MR) is 228 cm³/mol. The molecule has 1 fully saturated rings. The third kappa shape index (κ3) is 29.4. The van der Waals surface area contributed by atoms with E-state index < -0.39 is 43.4 Å². The lowest BCUT2D eigenvalue weighted by Gasteiger charge is -2.39. The Morgan fingerprint density at radius 2 is 1.09 bits per heavy atom. The summed E-state index contributed by atoms with van der Waals surface area (Å²) < 4.78 is 22.7. The highest BCUT2D eigenvalue weighted by Crippen LogP contribution is 2.22. The quantitative estimate of drug-likeness (QED) is 0.0274. The molecule has 1 aliphatic heterocycles. The molecule has 0 aromatic carbocycles. The van der Waals surface area contributed by atoms with Crippen molar-refractivity contribution >= 4 is 5.97 Å². The summed E-state index contributed by atoms with van der Waals surface area (Å²) in [5, 5.41) is 40.0. The first-order chi connectivity index (χ1) is 27.4. The highest BCUT2D eigenvalue weighted by Gasteiger charge is 2.44. The van der Waals surface area contributed by atoms with Crippen LogP contribution in [-0.2, 0) is 23.7 Å². The predicted octanol–water partition coefficient (Wildman–Crippen LogP) is 10.1. The molecule has 0 radical (unpaired) electrons. The molecule has 1 aliphatic rings. The van der Waals surface area contributed by atoms with Crippen molar-refractivity contribution in [2.75, 3.05) is 26.4 Å². The number of unbranched alkanes of at least 4 members (excludes halogenated alkanes) is 19. The van der Waals surface area contributed by atoms with Crippen molar-refractivity contribution in [3.05, 3.63) is 48.6 Å². The van der Waals surface area contributed by atoms with Crippen molar-refractivity contribution < 1.29 is 44.2 Å². The highest BCUT2D eigenvalue weighted by atomic mass is 16.7. The number of carbonyl (C=O) groups excluding carboxylic acids is 1. The smallest absolute Gasteiger partial charge is 0.306 e. The Morgan fingerprint density at radius 1 is 0.589 bits per heavy atom. The van der Waals surface area contributed by atoms with Crippen molar-refractivity contribution in [1.29, 1.82) is 0 Å². The average Bonchev–Trinajstić information content (AvgIpc) is 3.20. The molecule has 0 aromatic rings. The van der Waals surface area contributed by atoms with Gasteiger partial charge in [-0.2, -0.15) is 0 Å². The molecule has 0 aliphatic carbocycles. The monoisotopic (exact) mass is 793 g/mol. The Morgan fingerprint density at radius 3 is 1.64 bits per heavy atom. The molecule has 326 valence electrons. The second-order valence-corrected chi connectivity index (χ2v) is 15.5. The molecule has 0 amide bonds. The molecule has 1 saturated heterocycles. The number of hydrogen-bond acceptors (Lipinski definition) is 9. The number of aliphatic hydroxyl groups excluding tert-OH is 4. The van der Waals surface area contributed by atoms with Gasteiger partial charge in [0.05, 0.1) is 19.8 Å². The number of hydrogen-bond donors (Lipinski definition) is 4. The van der Waals surface area contributed by atoms with Gasteiger partial charge in [-0.05, 0) is 51.4 Å². The van der Waals surface area contributed by atoms with Crippen molar-refractivity contribution in [2.24, 2.45) is 0 Å². The Bertz CT molecular complexity index is 994. The largest absolute Gasteiger partial charge is 0.457 e. The number of ether oxygens (including phenoxy) is 4. The first kappa shape index (κ1) is 52.2. The summed E-state index contributed by atoms with van der Waals surface area (Å²) in [4.78, 5) is 12.6. The SMILES string of the molecule is CC/C=C\C/C=C\C/C=C\C/C=C\CCCCCCCCCCCCCCCOCC(COC1OC(CO)C(O)C(O)C1O)OC(=O)CCCCCCCCC. The van der Waals surface area contributed by atoms with Crippen LogP contribution < -0.4 is 0 Å². The summed E-state index contributed by atoms with van der Waals surface area (Å²) in [6.45, 7) is 4.40. The van der Waals surface area contributed by atoms with Gasteiger partial charge in [-0.1, -0.05) is 172 Å². The van der Waals surface area contributed by atoms with E-state index in [0.29, 0.717) is 13.0 Å². The van der Waals surface area contributed by atoms with E-state index in [1.165, 1.54) is 103 Å². The molecule has 1 heterocycles. The Hall–Kier alpha value is -1.85. The maximum atomic E-state index is 12.6. The topological polar surface area (TPSA) is 135 Å². The van der Waals surface area contributed by atoms with Crippen LogP contribution in [0, 0.1) is 0 Å². The minimum absolute atomic E-state index is 0.113. The fraction of sp³-hybridized carbons (Fsp3) is 0.809. The average molecular weight is 793 g/mol. The lowest BCUT2D eigenvalue weighted by Crippen LogP contribution is -2.59. The van der Waals surface area contributed by atoms with E-state index in [9.17, 15) is 25.2 Å². The third-order valence-electron chi connectivity index (χ3n) is 10.3. The van der Waals surface area contributed by atoms with Crippen LogP contribution in [0.2, 0.25) is 0 Å². The van der Waals surface area contributed by atoms with Crippen molar-refractivity contribution in [3.8, 4) is 0 Å². The van der Waals surface area contributed by atoms with Crippen LogP contribution in [0.4, 0.5) is 0 Å². The summed E-state index contributed by atoms with van der Waals surface area (Å²) in [5.74, 6) is -0.321. The van der Waals surface area contributed by atoms with E-state index in [-0.39, 0.29) is 19.2 Å². The number of allylic oxidation sites excluding steroid dienone is 8. The lowest BCUT2D eigenvalue weighted by molar-refractivity contribution is -0.305. The zero-order valence-corrected chi connectivity index (χ0v) is 35.6. The van der Waals surface area contributed by atoms with Crippen LogP contribution >= 0.6 is 0 Å². The van der Waals surface area contributed by atoms with Crippen LogP contribution in [-0.4, -0.2) is 89.6 Å². The van der Waals surface area contributed by atoms with E-state index >= 15 is 0 Å². The first-order valence-corrected chi connectivity index (χ1v) is 22.7. The Balaban J connectivity index is 2.11. The van der Waals surface area contributed by atoms with E-state index in [1.54, 1.807) is 0 Å². The number of aliphatic hydroxyl groups is 4. The molecule has 9 nitrogen and oxygen atoms in total. The van der Waals surface area contributed by atoms with Crippen molar-refractivity contribution in [3.63, 3.8) is 0 Å². The summed E-state index contributed by atoms with van der Waals surface area (Å²) in [7, 11) is 0. The molecule has 0 bridgehead atoms. The van der Waals surface area contributed by atoms with Crippen LogP contribution in [0.5, 0.6) is 0 Å². The minimum atomic E-state index is -1.53. The fourth-order valence-corrected chi connectivity index (χ4v) is 6.72. The molecule has 4 N–H and O–H groups in total. The van der Waals surface area contributed by atoms with Gasteiger partial charge in [0, 0.05) is 13.0 Å². The van der Waals surface area contributed by atoms with Crippen LogP contribution in [0.3, 0.4) is 0 Å². The minimum Gasteiger partial charge on any atom is -0.457 e. The summed E-state index contributed by atoms with van der Waals surface area (Å²) in [6.07, 6.45) is 40.3. The summed E-state index contributed by atoms with van der Waals surface area (Å²) in [6, 6.07) is 0. The number of carbonyl (C=O) groups is 1. The second-order valence-electron chi connectivity index (χ2n) is 15.5. The zero-order valence-electron chi connectivity index (χ0n) is 35.6. The summed E-state index contributed by atoms with van der Waals surface area (Å²) >= 11 is 0. The van der Waals surface area contributed by atoms with E-state index in [1.807, 2.05) is 0 Å². The molecular formula is C47H84O9. The van der Waals surface area contributed by atoms with Gasteiger partial charge < -0.3 is 39.4 Å². The Labute approximate surface area is 342 Å². The van der Waals surface area contributed by atoms with Crippen LogP contribution in [0.1, 0.15) is 181 Å². The van der Waals surface area contributed by atoms with Gasteiger partial charge in [0.2, 0.25) is 0 Å². The van der Waals surface area contributed by atoms with Crippen LogP contribution in [0.25, 0.3) is 0 Å². The standard InChI is InChI=1S/C47H84O9/c1-3-5-7-9-11-12-13-14-15-16-17-18-19-20-21-22-23-24-25-26-27-28-29-31-33-35-37-53-39-41(55-43(49)36-34-32-30-10-8-6-4-2)40-54-47-46(52)45(51)44(50)42(38-48)56-47/h5,7,11-12,14-15,17-18,41-42,44-48,50-52H,3-4,6,8-10,13,16,19-40H2,1-2H3/b7-5-,12-11-,15-14-,18-17-. The number of esters is 1. The van der Waals surface area contributed by atoms with Gasteiger partial charge in [-0.3, -0.25) is 4.79 Å². The van der Waals surface area contributed by atoms with E-state index in [2.05, 4.69) is 62.5 Å². The van der Waals surface area contributed by atoms with Gasteiger partial charge >= 0.3 is 5.97 Å². The fourth-order valence-electron chi connectivity index (χ4n) is 6.72. The molecule has 56 heavy (non-hydrogen) atoms. The van der Waals surface area contributed by atoms with Crippen molar-refractivity contribution in [1.82, 2.24) is 0 Å². The molecule has 9 heteroatoms. The number of rotatable bonds is 38. The molecular weight excluding hydrogens is 709 g/mol. The highest BCUT2D eigenvalue weighted by molar-refractivity contribution is 5.69. The maximum absolute atomic E-state index is 12.6. The Kier molecular flexibility index (Phi) is 36.0. The molecule has 6 unspecified atom stereocenters. The molecule has 0 spiro atoms. The van der Waals surface area contributed by atoms with Gasteiger partial charge in [0.1, 0.15) is 30.5 Å². The van der Waals surface area contributed by atoms with Crippen molar-refractivity contribution in [2.45, 2.75) is 218 Å². The molecule has 0 saturated carbocycles. The van der Waals surface area contributed by atoms with Gasteiger partial charge in [0.25, 0.3) is 0 Å². The lowest BCUT2D eigenvalue weighted by atomic mass is 9.99. The van der Waals surface area contributed by atoms with Gasteiger partial charge in [-0.25, -0.2) is 0 Å². The third-order valence-corrected chi connectivity index (χ3v) is 10.3. The first-order valence-electron chi connectivity index (χ1n) is 22.7. The normalized spacial score (nSPS) is 21.0. The molecule has 6 atom stereocenters. The molecule has 1 rings (SSSR count). The maximum Gasteiger partial charge on any atom is 0.306 e. The second kappa shape index (κ2) is 38.7. The van der Waals surface area contributed by atoms with Gasteiger partial charge in [-0.15, -0.1) is 0 Å².